The van der Waals surface area contributed by atoms with E-state index in [1.54, 1.807) is 6.33 Å². The zero-order valence-corrected chi connectivity index (χ0v) is 17.4. The van der Waals surface area contributed by atoms with Crippen molar-refractivity contribution < 1.29 is 0 Å². The van der Waals surface area contributed by atoms with Gasteiger partial charge in [0.1, 0.15) is 17.7 Å². The minimum atomic E-state index is 0.161. The topological polar surface area (TPSA) is 88.4 Å². The Kier molecular flexibility index (Phi) is 4.29. The summed E-state index contributed by atoms with van der Waals surface area (Å²) < 4.78 is 2.04. The molecule has 0 spiro atoms. The largest absolute Gasteiger partial charge is 0.341 e. The van der Waals surface area contributed by atoms with Crippen LogP contribution < -0.4 is 4.90 Å². The Hall–Kier alpha value is -3.55. The summed E-state index contributed by atoms with van der Waals surface area (Å²) >= 11 is 0. The van der Waals surface area contributed by atoms with Crippen molar-refractivity contribution in [2.24, 2.45) is 0 Å². The number of hydrogen-bond donors (Lipinski definition) is 1. The van der Waals surface area contributed by atoms with Crippen LogP contribution >= 0.6 is 0 Å². The van der Waals surface area contributed by atoms with Gasteiger partial charge < -0.3 is 4.90 Å². The van der Waals surface area contributed by atoms with Gasteiger partial charge in [-0.3, -0.25) is 9.67 Å². The normalized spacial score (nSPS) is 18.2. The SMILES string of the molecule is CC[C@@H]1c2nncn2-c2cnc(-c3n[nH]cc3-c3ccccc3)nc2N1C1CCCC1. The van der Waals surface area contributed by atoms with Crippen LogP contribution in [0.3, 0.4) is 0 Å². The Bertz CT molecular complexity index is 1210. The first-order valence-corrected chi connectivity index (χ1v) is 11.0. The molecule has 2 aliphatic rings. The summed E-state index contributed by atoms with van der Waals surface area (Å²) in [5.41, 5.74) is 3.80. The van der Waals surface area contributed by atoms with E-state index >= 15 is 0 Å². The summed E-state index contributed by atoms with van der Waals surface area (Å²) in [5.74, 6) is 2.56. The van der Waals surface area contributed by atoms with E-state index < -0.39 is 0 Å². The van der Waals surface area contributed by atoms with Gasteiger partial charge in [0.2, 0.25) is 0 Å². The maximum absolute atomic E-state index is 5.10. The molecular formula is C23H24N8. The number of fused-ring (bicyclic) bond motifs is 3. The second kappa shape index (κ2) is 7.30. The number of aromatic amines is 1. The lowest BCUT2D eigenvalue weighted by atomic mass is 10.0. The molecule has 1 aliphatic heterocycles. The van der Waals surface area contributed by atoms with E-state index in [0.717, 1.165) is 40.6 Å². The monoisotopic (exact) mass is 412 g/mol. The molecule has 1 aromatic carbocycles. The molecule has 3 aromatic heterocycles. The van der Waals surface area contributed by atoms with Crippen LogP contribution in [-0.2, 0) is 0 Å². The van der Waals surface area contributed by atoms with Crippen molar-refractivity contribution in [2.45, 2.75) is 51.1 Å². The Morgan fingerprint density at radius 2 is 1.97 bits per heavy atom. The van der Waals surface area contributed by atoms with Crippen molar-refractivity contribution in [3.8, 4) is 28.3 Å². The molecule has 1 N–H and O–H groups in total. The minimum absolute atomic E-state index is 0.161. The molecule has 0 radical (unpaired) electrons. The molecule has 6 rings (SSSR count). The third kappa shape index (κ3) is 2.85. The van der Waals surface area contributed by atoms with Gasteiger partial charge in [-0.15, -0.1) is 10.2 Å². The van der Waals surface area contributed by atoms with Crippen LogP contribution in [-0.4, -0.2) is 41.0 Å². The van der Waals surface area contributed by atoms with Gasteiger partial charge in [0.05, 0.1) is 12.2 Å². The van der Waals surface area contributed by atoms with E-state index in [-0.39, 0.29) is 6.04 Å². The number of nitrogens with zero attached hydrogens (tertiary/aromatic N) is 7. The molecule has 0 saturated heterocycles. The van der Waals surface area contributed by atoms with E-state index in [1.165, 1.54) is 25.7 Å². The first-order chi connectivity index (χ1) is 15.3. The highest BCUT2D eigenvalue weighted by atomic mass is 15.4. The molecule has 31 heavy (non-hydrogen) atoms. The van der Waals surface area contributed by atoms with Crippen LogP contribution in [0.1, 0.15) is 50.9 Å². The van der Waals surface area contributed by atoms with E-state index in [2.05, 4.69) is 44.4 Å². The van der Waals surface area contributed by atoms with Gasteiger partial charge in [-0.25, -0.2) is 9.97 Å². The maximum Gasteiger partial charge on any atom is 0.182 e. The van der Waals surface area contributed by atoms with E-state index in [9.17, 15) is 0 Å². The first-order valence-electron chi connectivity index (χ1n) is 11.0. The van der Waals surface area contributed by atoms with Crippen molar-refractivity contribution in [1.29, 1.82) is 0 Å². The lowest BCUT2D eigenvalue weighted by Gasteiger charge is -2.40. The Balaban J connectivity index is 1.51. The number of hydrogen-bond acceptors (Lipinski definition) is 6. The quantitative estimate of drug-likeness (QED) is 0.537. The average Bonchev–Trinajstić information content (AvgIpc) is 3.59. The molecule has 1 aliphatic carbocycles. The summed E-state index contributed by atoms with van der Waals surface area (Å²) in [6, 6.07) is 10.8. The fraction of sp³-hybridized carbons (Fsp3) is 0.348. The van der Waals surface area contributed by atoms with Gasteiger partial charge >= 0.3 is 0 Å². The van der Waals surface area contributed by atoms with Gasteiger partial charge in [0, 0.05) is 17.8 Å². The molecule has 4 heterocycles. The zero-order chi connectivity index (χ0) is 20.8. The van der Waals surface area contributed by atoms with Crippen LogP contribution in [0.4, 0.5) is 5.82 Å². The fourth-order valence-electron chi connectivity index (χ4n) is 5.06. The second-order valence-corrected chi connectivity index (χ2v) is 8.24. The van der Waals surface area contributed by atoms with Crippen LogP contribution in [0.2, 0.25) is 0 Å². The van der Waals surface area contributed by atoms with Gasteiger partial charge in [-0.1, -0.05) is 50.1 Å². The predicted molar refractivity (Wildman–Crippen MR) is 118 cm³/mol. The van der Waals surface area contributed by atoms with Crippen LogP contribution in [0.25, 0.3) is 28.3 Å². The number of rotatable bonds is 4. The Labute approximate surface area is 180 Å². The van der Waals surface area contributed by atoms with Crippen molar-refractivity contribution in [2.75, 3.05) is 4.90 Å². The van der Waals surface area contributed by atoms with Crippen LogP contribution in [0.15, 0.2) is 49.1 Å². The smallest absolute Gasteiger partial charge is 0.182 e. The molecule has 8 nitrogen and oxygen atoms in total. The van der Waals surface area contributed by atoms with Gasteiger partial charge in [-0.2, -0.15) is 5.10 Å². The first kappa shape index (κ1) is 18.2. The van der Waals surface area contributed by atoms with Gasteiger partial charge in [-0.05, 0) is 24.8 Å². The number of aromatic nitrogens is 7. The molecular weight excluding hydrogens is 388 g/mol. The van der Waals surface area contributed by atoms with Crippen molar-refractivity contribution in [3.63, 3.8) is 0 Å². The van der Waals surface area contributed by atoms with E-state index in [4.69, 9.17) is 9.97 Å². The molecule has 0 bridgehead atoms. The summed E-state index contributed by atoms with van der Waals surface area (Å²) in [7, 11) is 0. The zero-order valence-electron chi connectivity index (χ0n) is 17.4. The standard InChI is InChI=1S/C23H24N8/c1-2-18-23-29-26-14-30(23)19-13-24-21(27-22(19)31(18)16-10-6-7-11-16)20-17(12-25-28-20)15-8-4-3-5-9-15/h3-5,8-9,12-14,16,18H,2,6-7,10-11H2,1H3,(H,25,28)/t18-/m1/s1. The lowest BCUT2D eigenvalue weighted by molar-refractivity contribution is 0.469. The summed E-state index contributed by atoms with van der Waals surface area (Å²) in [5, 5.41) is 16.2. The maximum atomic E-state index is 5.10. The number of H-pyrrole nitrogens is 1. The third-order valence-corrected chi connectivity index (χ3v) is 6.50. The highest BCUT2D eigenvalue weighted by Crippen LogP contribution is 2.43. The fourth-order valence-corrected chi connectivity index (χ4v) is 5.06. The molecule has 1 atom stereocenters. The number of anilines is 1. The molecule has 4 aromatic rings. The molecule has 1 fully saturated rings. The lowest BCUT2D eigenvalue weighted by Crippen LogP contribution is -2.42. The second-order valence-electron chi connectivity index (χ2n) is 8.24. The summed E-state index contributed by atoms with van der Waals surface area (Å²) in [6.07, 6.45) is 11.4. The van der Waals surface area contributed by atoms with Crippen LogP contribution in [0, 0.1) is 0 Å². The molecule has 0 unspecified atom stereocenters. The Morgan fingerprint density at radius 1 is 1.13 bits per heavy atom. The summed E-state index contributed by atoms with van der Waals surface area (Å²) in [4.78, 5) is 12.3. The van der Waals surface area contributed by atoms with Gasteiger partial charge in [0.25, 0.3) is 0 Å². The Morgan fingerprint density at radius 3 is 2.77 bits per heavy atom. The molecule has 0 amide bonds. The van der Waals surface area contributed by atoms with Crippen LogP contribution in [0.5, 0.6) is 0 Å². The van der Waals surface area contributed by atoms with Crippen molar-refractivity contribution in [3.05, 3.63) is 54.9 Å². The van der Waals surface area contributed by atoms with E-state index in [0.29, 0.717) is 11.9 Å². The van der Waals surface area contributed by atoms with Crippen molar-refractivity contribution >= 4 is 5.82 Å². The van der Waals surface area contributed by atoms with Crippen molar-refractivity contribution in [1.82, 2.24) is 34.9 Å². The van der Waals surface area contributed by atoms with Gasteiger partial charge in [0.15, 0.2) is 17.5 Å². The predicted octanol–water partition coefficient (Wildman–Crippen LogP) is 4.33. The molecule has 156 valence electrons. The average molecular weight is 413 g/mol. The minimum Gasteiger partial charge on any atom is -0.341 e. The highest BCUT2D eigenvalue weighted by molar-refractivity contribution is 5.78. The highest BCUT2D eigenvalue weighted by Gasteiger charge is 2.38. The molecule has 1 saturated carbocycles. The molecule has 8 heteroatoms. The third-order valence-electron chi connectivity index (χ3n) is 6.50. The van der Waals surface area contributed by atoms with E-state index in [1.807, 2.05) is 35.2 Å². The number of nitrogens with one attached hydrogen (secondary N) is 1. The number of benzene rings is 1. The summed E-state index contributed by atoms with van der Waals surface area (Å²) in [6.45, 7) is 2.21.